The van der Waals surface area contributed by atoms with Crippen LogP contribution in [0.3, 0.4) is 0 Å². The van der Waals surface area contributed by atoms with Crippen LogP contribution in [-0.2, 0) is 4.84 Å². The molecule has 4 heteroatoms. The van der Waals surface area contributed by atoms with E-state index >= 15 is 0 Å². The Hall–Kier alpha value is -0.580. The van der Waals surface area contributed by atoms with Crippen molar-refractivity contribution in [1.82, 2.24) is 5.48 Å². The average Bonchev–Trinajstić information content (AvgIpc) is 2.21. The summed E-state index contributed by atoms with van der Waals surface area (Å²) in [4.78, 5) is 4.95. The summed E-state index contributed by atoms with van der Waals surface area (Å²) in [6.07, 6.45) is 0. The van der Waals surface area contributed by atoms with Crippen molar-refractivity contribution in [3.05, 3.63) is 28.7 Å². The second-order valence-corrected chi connectivity index (χ2v) is 3.55. The van der Waals surface area contributed by atoms with E-state index in [1.165, 1.54) is 0 Å². The van der Waals surface area contributed by atoms with Crippen LogP contribution in [0.1, 0.15) is 6.92 Å². The highest BCUT2D eigenvalue weighted by Crippen LogP contribution is 2.15. The molecule has 14 heavy (non-hydrogen) atoms. The molecule has 0 unspecified atom stereocenters. The van der Waals surface area contributed by atoms with Gasteiger partial charge in [0.25, 0.3) is 0 Å². The topological polar surface area (TPSA) is 30.5 Å². The number of halogens is 1. The molecule has 1 rings (SSSR count). The lowest BCUT2D eigenvalue weighted by atomic mass is 10.3. The van der Waals surface area contributed by atoms with E-state index in [1.807, 2.05) is 31.2 Å². The van der Waals surface area contributed by atoms with Gasteiger partial charge in [-0.1, -0.05) is 15.9 Å². The number of hydrogen-bond acceptors (Lipinski definition) is 3. The molecule has 78 valence electrons. The second kappa shape index (κ2) is 6.81. The minimum absolute atomic E-state index is 0.599. The summed E-state index contributed by atoms with van der Waals surface area (Å²) in [5, 5.41) is 0. The molecule has 0 amide bonds. The smallest absolute Gasteiger partial charge is 0.119 e. The minimum atomic E-state index is 0.599. The summed E-state index contributed by atoms with van der Waals surface area (Å²) < 4.78 is 6.50. The van der Waals surface area contributed by atoms with Crippen LogP contribution >= 0.6 is 15.9 Å². The van der Waals surface area contributed by atoms with Gasteiger partial charge < -0.3 is 9.57 Å². The molecule has 0 aliphatic carbocycles. The maximum absolute atomic E-state index is 5.44. The van der Waals surface area contributed by atoms with E-state index in [2.05, 4.69) is 21.4 Å². The zero-order chi connectivity index (χ0) is 10.2. The van der Waals surface area contributed by atoms with Crippen LogP contribution in [0, 0.1) is 0 Å². The Labute approximate surface area is 92.5 Å². The van der Waals surface area contributed by atoms with Gasteiger partial charge in [-0.15, -0.1) is 0 Å². The highest BCUT2D eigenvalue weighted by molar-refractivity contribution is 9.10. The zero-order valence-electron chi connectivity index (χ0n) is 8.13. The molecule has 0 heterocycles. The monoisotopic (exact) mass is 259 g/mol. The molecule has 0 spiro atoms. The van der Waals surface area contributed by atoms with Crippen molar-refractivity contribution >= 4 is 15.9 Å². The van der Waals surface area contributed by atoms with Crippen LogP contribution < -0.4 is 10.2 Å². The molecule has 1 N–H and O–H groups in total. The summed E-state index contributed by atoms with van der Waals surface area (Å²) in [7, 11) is 0. The Morgan fingerprint density at radius 2 is 2.00 bits per heavy atom. The highest BCUT2D eigenvalue weighted by Gasteiger charge is 1.92. The van der Waals surface area contributed by atoms with Gasteiger partial charge in [0.2, 0.25) is 0 Å². The summed E-state index contributed by atoms with van der Waals surface area (Å²) in [6, 6.07) is 7.74. The zero-order valence-corrected chi connectivity index (χ0v) is 9.71. The number of ether oxygens (including phenoxy) is 1. The Balaban J connectivity index is 2.15. The van der Waals surface area contributed by atoms with Gasteiger partial charge in [0.05, 0.1) is 13.2 Å². The van der Waals surface area contributed by atoms with Crippen molar-refractivity contribution < 1.29 is 9.57 Å². The van der Waals surface area contributed by atoms with Crippen LogP contribution in [0.4, 0.5) is 0 Å². The fourth-order valence-corrected chi connectivity index (χ4v) is 1.18. The Bertz CT molecular complexity index is 251. The lowest BCUT2D eigenvalue weighted by Gasteiger charge is -2.06. The Kier molecular flexibility index (Phi) is 5.59. The molecule has 0 aliphatic heterocycles. The van der Waals surface area contributed by atoms with E-state index in [0.29, 0.717) is 19.8 Å². The maximum atomic E-state index is 5.44. The van der Waals surface area contributed by atoms with Crippen molar-refractivity contribution in [3.63, 3.8) is 0 Å². The van der Waals surface area contributed by atoms with Crippen LogP contribution in [0.25, 0.3) is 0 Å². The van der Waals surface area contributed by atoms with Crippen LogP contribution in [0.5, 0.6) is 5.75 Å². The molecule has 0 radical (unpaired) electrons. The summed E-state index contributed by atoms with van der Waals surface area (Å²) >= 11 is 3.36. The molecule has 0 bridgehead atoms. The number of hydroxylamine groups is 1. The number of hydrogen-bond donors (Lipinski definition) is 1. The Morgan fingerprint density at radius 3 is 2.64 bits per heavy atom. The minimum Gasteiger partial charge on any atom is -0.492 e. The lowest BCUT2D eigenvalue weighted by Crippen LogP contribution is -2.21. The van der Waals surface area contributed by atoms with Gasteiger partial charge in [-0.2, -0.15) is 5.48 Å². The van der Waals surface area contributed by atoms with Crippen molar-refractivity contribution in [2.24, 2.45) is 0 Å². The first-order chi connectivity index (χ1) is 6.83. The van der Waals surface area contributed by atoms with E-state index < -0.39 is 0 Å². The van der Waals surface area contributed by atoms with Gasteiger partial charge in [-0.25, -0.2) is 0 Å². The van der Waals surface area contributed by atoms with Gasteiger partial charge in [0.15, 0.2) is 0 Å². The molecular weight excluding hydrogens is 246 g/mol. The van der Waals surface area contributed by atoms with E-state index in [1.54, 1.807) is 0 Å². The van der Waals surface area contributed by atoms with Gasteiger partial charge in [0.1, 0.15) is 12.4 Å². The number of rotatable bonds is 6. The standard InChI is InChI=1S/C10H14BrNO2/c1-2-14-12-7-8-13-10-5-3-9(11)4-6-10/h3-6,12H,2,7-8H2,1H3. The third kappa shape index (κ3) is 4.60. The van der Waals surface area contributed by atoms with Gasteiger partial charge in [-0.05, 0) is 31.2 Å². The van der Waals surface area contributed by atoms with Crippen LogP contribution in [0.15, 0.2) is 28.7 Å². The molecular formula is C10H14BrNO2. The van der Waals surface area contributed by atoms with Crippen molar-refractivity contribution in [1.29, 1.82) is 0 Å². The molecule has 0 saturated heterocycles. The molecule has 0 saturated carbocycles. The predicted octanol–water partition coefficient (Wildman–Crippen LogP) is 2.37. The fraction of sp³-hybridized carbons (Fsp3) is 0.400. The molecule has 1 aromatic carbocycles. The Morgan fingerprint density at radius 1 is 1.29 bits per heavy atom. The molecule has 3 nitrogen and oxygen atoms in total. The summed E-state index contributed by atoms with van der Waals surface area (Å²) in [5.74, 6) is 0.867. The first-order valence-electron chi connectivity index (χ1n) is 4.56. The van der Waals surface area contributed by atoms with Gasteiger partial charge in [0, 0.05) is 4.47 Å². The van der Waals surface area contributed by atoms with Gasteiger partial charge >= 0.3 is 0 Å². The average molecular weight is 260 g/mol. The van der Waals surface area contributed by atoms with E-state index in [-0.39, 0.29) is 0 Å². The fourth-order valence-electron chi connectivity index (χ4n) is 0.916. The molecule has 0 atom stereocenters. The number of nitrogens with one attached hydrogen (secondary N) is 1. The van der Waals surface area contributed by atoms with Crippen LogP contribution in [0.2, 0.25) is 0 Å². The largest absolute Gasteiger partial charge is 0.492 e. The molecule has 0 fully saturated rings. The van der Waals surface area contributed by atoms with Crippen molar-refractivity contribution in [2.45, 2.75) is 6.92 Å². The lowest BCUT2D eigenvalue weighted by molar-refractivity contribution is 0.0433. The third-order valence-electron chi connectivity index (χ3n) is 1.53. The molecule has 0 aliphatic rings. The summed E-state index contributed by atoms with van der Waals surface area (Å²) in [6.45, 7) is 3.88. The van der Waals surface area contributed by atoms with E-state index in [9.17, 15) is 0 Å². The van der Waals surface area contributed by atoms with E-state index in [4.69, 9.17) is 9.57 Å². The molecule has 0 aromatic heterocycles. The van der Waals surface area contributed by atoms with Gasteiger partial charge in [-0.3, -0.25) is 0 Å². The van der Waals surface area contributed by atoms with Crippen LogP contribution in [-0.4, -0.2) is 19.8 Å². The first kappa shape index (κ1) is 11.5. The first-order valence-corrected chi connectivity index (χ1v) is 5.35. The maximum Gasteiger partial charge on any atom is 0.119 e. The quantitative estimate of drug-likeness (QED) is 0.629. The van der Waals surface area contributed by atoms with Crippen molar-refractivity contribution in [3.8, 4) is 5.75 Å². The second-order valence-electron chi connectivity index (χ2n) is 2.63. The molecule has 1 aromatic rings. The third-order valence-corrected chi connectivity index (χ3v) is 2.06. The number of benzene rings is 1. The SMILES string of the molecule is CCONCCOc1ccc(Br)cc1. The van der Waals surface area contributed by atoms with E-state index in [0.717, 1.165) is 10.2 Å². The van der Waals surface area contributed by atoms with Crippen molar-refractivity contribution in [2.75, 3.05) is 19.8 Å². The normalized spacial score (nSPS) is 10.1. The highest BCUT2D eigenvalue weighted by atomic mass is 79.9. The summed E-state index contributed by atoms with van der Waals surface area (Å²) in [5.41, 5.74) is 2.78. The predicted molar refractivity (Wildman–Crippen MR) is 59.3 cm³/mol.